The van der Waals surface area contributed by atoms with Crippen LogP contribution in [0, 0.1) is 0 Å². The topological polar surface area (TPSA) is 86.7 Å². The van der Waals surface area contributed by atoms with Crippen molar-refractivity contribution in [2.75, 3.05) is 0 Å². The maximum atomic E-state index is 11.7. The molecule has 0 amide bonds. The second kappa shape index (κ2) is 10.2. The van der Waals surface area contributed by atoms with E-state index >= 15 is 0 Å². The smallest absolute Gasteiger partial charge is 0.870 e. The van der Waals surface area contributed by atoms with Gasteiger partial charge < -0.3 is 9.84 Å². The fraction of sp³-hybridized carbons (Fsp3) is 0.333. The first-order chi connectivity index (χ1) is 11.4. The molecule has 0 radical (unpaired) electrons. The Labute approximate surface area is 171 Å². The maximum Gasteiger partial charge on any atom is 1.00 e. The minimum absolute atomic E-state index is 0. The van der Waals surface area contributed by atoms with Gasteiger partial charge in [0.2, 0.25) is 0 Å². The van der Waals surface area contributed by atoms with E-state index in [9.17, 15) is 18.1 Å². The number of para-hydroxylation sites is 2. The van der Waals surface area contributed by atoms with E-state index in [1.54, 1.807) is 18.2 Å². The van der Waals surface area contributed by atoms with Gasteiger partial charge in [0.05, 0.1) is 0 Å². The van der Waals surface area contributed by atoms with Gasteiger partial charge in [-0.15, -0.1) is 0 Å². The Bertz CT molecular complexity index is 790. The molecule has 0 saturated heterocycles. The van der Waals surface area contributed by atoms with Crippen molar-refractivity contribution in [1.82, 2.24) is 0 Å². The molecule has 2 rings (SSSR count). The minimum atomic E-state index is -4.45. The predicted molar refractivity (Wildman–Crippen MR) is 90.1 cm³/mol. The summed E-state index contributed by atoms with van der Waals surface area (Å²) >= 11 is 0. The molecule has 0 unspecified atom stereocenters. The summed E-state index contributed by atoms with van der Waals surface area (Å²) in [6, 6.07) is 10.6. The van der Waals surface area contributed by atoms with Crippen LogP contribution in [0.2, 0.25) is 0 Å². The number of benzene rings is 2. The van der Waals surface area contributed by atoms with E-state index in [4.69, 9.17) is 4.74 Å². The molecule has 2 aromatic carbocycles. The summed E-state index contributed by atoms with van der Waals surface area (Å²) in [5.74, 6) is -0.404. The van der Waals surface area contributed by atoms with Gasteiger partial charge in [0.1, 0.15) is 16.4 Å². The van der Waals surface area contributed by atoms with Crippen LogP contribution in [0.5, 0.6) is 17.2 Å². The molecule has 1 N–H and O–H groups in total. The fourth-order valence-corrected chi connectivity index (χ4v) is 3.07. The zero-order chi connectivity index (χ0) is 17.6. The van der Waals surface area contributed by atoms with Crippen LogP contribution in [-0.2, 0) is 16.5 Å². The molecular formula is C18H21NaO5S. The van der Waals surface area contributed by atoms with Crippen LogP contribution in [0.15, 0.2) is 47.4 Å². The number of unbranched alkanes of at least 4 members (excludes halogenated alkanes) is 3. The Morgan fingerprint density at radius 1 is 1.04 bits per heavy atom. The molecule has 0 heterocycles. The first-order valence-electron chi connectivity index (χ1n) is 7.96. The van der Waals surface area contributed by atoms with Gasteiger partial charge in [-0.25, -0.2) is 0 Å². The van der Waals surface area contributed by atoms with Crippen molar-refractivity contribution in [3.8, 4) is 17.2 Å². The molecule has 0 fully saturated rings. The summed E-state index contributed by atoms with van der Waals surface area (Å²) < 4.78 is 38.2. The Morgan fingerprint density at radius 2 is 1.76 bits per heavy atom. The van der Waals surface area contributed by atoms with Crippen LogP contribution >= 0.6 is 0 Å². The second-order valence-corrected chi connectivity index (χ2v) is 7.01. The van der Waals surface area contributed by atoms with Crippen LogP contribution < -0.4 is 39.4 Å². The van der Waals surface area contributed by atoms with E-state index in [0.29, 0.717) is 0 Å². The molecule has 0 aliphatic carbocycles. The van der Waals surface area contributed by atoms with Crippen molar-refractivity contribution in [1.29, 1.82) is 0 Å². The molecule has 130 valence electrons. The number of rotatable bonds is 8. The van der Waals surface area contributed by atoms with Gasteiger partial charge in [0.25, 0.3) is 10.1 Å². The number of aryl methyl sites for hydroxylation is 1. The summed E-state index contributed by atoms with van der Waals surface area (Å²) in [6.45, 7) is 2.12. The van der Waals surface area contributed by atoms with Crippen molar-refractivity contribution in [2.45, 2.75) is 43.9 Å². The quantitative estimate of drug-likeness (QED) is 0.423. The summed E-state index contributed by atoms with van der Waals surface area (Å²) in [5, 5.41) is 11.7. The summed E-state index contributed by atoms with van der Waals surface area (Å²) in [7, 11) is -4.45. The van der Waals surface area contributed by atoms with E-state index in [-0.39, 0.29) is 51.7 Å². The van der Waals surface area contributed by atoms with E-state index in [1.807, 2.05) is 0 Å². The van der Waals surface area contributed by atoms with E-state index < -0.39 is 10.1 Å². The molecule has 0 aliphatic heterocycles. The number of hydrogen-bond donors (Lipinski definition) is 1. The molecule has 0 saturated carbocycles. The Morgan fingerprint density at radius 3 is 2.40 bits per heavy atom. The first kappa shape index (κ1) is 22.0. The summed E-state index contributed by atoms with van der Waals surface area (Å²) in [6.07, 6.45) is 4.99. The monoisotopic (exact) mass is 372 g/mol. The van der Waals surface area contributed by atoms with Gasteiger partial charge >= 0.3 is 29.6 Å². The predicted octanol–water partition coefficient (Wildman–Crippen LogP) is 0.926. The van der Waals surface area contributed by atoms with Gasteiger partial charge in [-0.2, -0.15) is 8.42 Å². The van der Waals surface area contributed by atoms with E-state index in [0.717, 1.165) is 37.7 Å². The average molecular weight is 372 g/mol. The van der Waals surface area contributed by atoms with Crippen LogP contribution in [0.25, 0.3) is 0 Å². The van der Waals surface area contributed by atoms with Crippen LogP contribution in [0.1, 0.15) is 38.2 Å². The SMILES string of the molecule is CCCCCCc1ccc(Oc2ccccc2[O-])c(S(=O)(=O)O)c1.[Na+]. The molecule has 0 spiro atoms. The molecule has 2 aromatic rings. The zero-order valence-corrected chi connectivity index (χ0v) is 17.4. The molecule has 25 heavy (non-hydrogen) atoms. The molecule has 5 nitrogen and oxygen atoms in total. The van der Waals surface area contributed by atoms with Crippen LogP contribution in [0.3, 0.4) is 0 Å². The Balaban J connectivity index is 0.00000312. The third kappa shape index (κ3) is 6.64. The van der Waals surface area contributed by atoms with Gasteiger partial charge in [-0.1, -0.05) is 56.2 Å². The van der Waals surface area contributed by atoms with Crippen molar-refractivity contribution in [2.24, 2.45) is 0 Å². The Kier molecular flexibility index (Phi) is 8.96. The van der Waals surface area contributed by atoms with Gasteiger partial charge in [-0.05, 0) is 36.6 Å². The zero-order valence-electron chi connectivity index (χ0n) is 14.6. The minimum Gasteiger partial charge on any atom is -0.870 e. The standard InChI is InChI=1S/C18H22O5S.Na/c1-2-3-4-5-8-14-11-12-17(18(13-14)24(20,21)22)23-16-10-7-6-9-15(16)19;/h6-7,9-13,19H,2-5,8H2,1H3,(H,20,21,22);/q;+1/p-1. The number of ether oxygens (including phenoxy) is 1. The third-order valence-corrected chi connectivity index (χ3v) is 4.55. The van der Waals surface area contributed by atoms with Crippen molar-refractivity contribution >= 4 is 10.1 Å². The molecule has 7 heteroatoms. The van der Waals surface area contributed by atoms with Gasteiger partial charge in [-0.3, -0.25) is 4.55 Å². The molecule has 0 aromatic heterocycles. The molecular weight excluding hydrogens is 351 g/mol. The van der Waals surface area contributed by atoms with Crippen molar-refractivity contribution < 1.29 is 52.4 Å². The molecule has 0 atom stereocenters. The molecule has 0 aliphatic rings. The molecule has 0 bridgehead atoms. The van der Waals surface area contributed by atoms with E-state index in [2.05, 4.69) is 6.92 Å². The van der Waals surface area contributed by atoms with Crippen molar-refractivity contribution in [3.05, 3.63) is 48.0 Å². The normalized spacial score (nSPS) is 11.0. The Hall–Kier alpha value is -1.05. The van der Waals surface area contributed by atoms with Crippen molar-refractivity contribution in [3.63, 3.8) is 0 Å². The summed E-state index contributed by atoms with van der Waals surface area (Å²) in [4.78, 5) is -0.321. The average Bonchev–Trinajstić information content (AvgIpc) is 2.54. The largest absolute Gasteiger partial charge is 1.00 e. The third-order valence-electron chi connectivity index (χ3n) is 3.67. The van der Waals surface area contributed by atoms with Gasteiger partial charge in [0, 0.05) is 0 Å². The second-order valence-electron chi connectivity index (χ2n) is 5.62. The fourth-order valence-electron chi connectivity index (χ4n) is 2.40. The van der Waals surface area contributed by atoms with Crippen LogP contribution in [0.4, 0.5) is 0 Å². The maximum absolute atomic E-state index is 11.7. The van der Waals surface area contributed by atoms with E-state index in [1.165, 1.54) is 24.3 Å². The van der Waals surface area contributed by atoms with Crippen LogP contribution in [-0.4, -0.2) is 13.0 Å². The summed E-state index contributed by atoms with van der Waals surface area (Å²) in [5.41, 5.74) is 0.807. The van der Waals surface area contributed by atoms with Gasteiger partial charge in [0.15, 0.2) is 0 Å². The number of hydrogen-bond acceptors (Lipinski definition) is 4. The first-order valence-corrected chi connectivity index (χ1v) is 9.40.